The number of phenols is 2. The van der Waals surface area contributed by atoms with E-state index in [2.05, 4.69) is 0 Å². The highest BCUT2D eigenvalue weighted by molar-refractivity contribution is 6.05. The monoisotopic (exact) mass is 510 g/mol. The fourth-order valence-corrected chi connectivity index (χ4v) is 4.10. The average Bonchev–Trinajstić information content (AvgIpc) is 2.93. The van der Waals surface area contributed by atoms with E-state index in [1.807, 2.05) is 24.3 Å². The van der Waals surface area contributed by atoms with Crippen LogP contribution in [0, 0.1) is 0 Å². The largest absolute Gasteiger partial charge is 0.504 e. The molecular weight excluding hydrogens is 488 g/mol. The van der Waals surface area contributed by atoms with Gasteiger partial charge in [-0.2, -0.15) is 0 Å². The molecule has 0 spiro atoms. The summed E-state index contributed by atoms with van der Waals surface area (Å²) in [4.78, 5) is 25.7. The molecule has 8 nitrogen and oxygen atoms in total. The third kappa shape index (κ3) is 4.62. The molecule has 0 saturated carbocycles. The Morgan fingerprint density at radius 2 is 0.974 bits per heavy atom. The average molecular weight is 510 g/mol. The molecule has 0 heterocycles. The molecule has 0 aliphatic carbocycles. The van der Waals surface area contributed by atoms with E-state index in [4.69, 9.17) is 18.9 Å². The lowest BCUT2D eigenvalue weighted by Crippen LogP contribution is -2.09. The topological polar surface area (TPSA) is 112 Å². The van der Waals surface area contributed by atoms with Gasteiger partial charge < -0.3 is 29.2 Å². The first-order chi connectivity index (χ1) is 18.4. The first-order valence-electron chi connectivity index (χ1n) is 11.5. The Morgan fingerprint density at radius 1 is 0.553 bits per heavy atom. The zero-order valence-corrected chi connectivity index (χ0v) is 20.4. The van der Waals surface area contributed by atoms with Gasteiger partial charge in [-0.05, 0) is 71.4 Å². The van der Waals surface area contributed by atoms with Crippen molar-refractivity contribution in [1.29, 1.82) is 0 Å². The van der Waals surface area contributed by atoms with Crippen molar-refractivity contribution >= 4 is 33.5 Å². The predicted octanol–water partition coefficient (Wildman–Crippen LogP) is 5.86. The van der Waals surface area contributed by atoms with Crippen LogP contribution < -0.4 is 18.9 Å². The number of phenolic OH excluding ortho intramolecular Hbond substituents is 2. The van der Waals surface area contributed by atoms with Gasteiger partial charge in [-0.25, -0.2) is 9.59 Å². The molecule has 5 aromatic carbocycles. The van der Waals surface area contributed by atoms with E-state index in [1.54, 1.807) is 24.3 Å². The van der Waals surface area contributed by atoms with E-state index in [0.29, 0.717) is 22.3 Å². The van der Waals surface area contributed by atoms with Crippen molar-refractivity contribution in [2.24, 2.45) is 0 Å². The summed E-state index contributed by atoms with van der Waals surface area (Å²) in [6.45, 7) is 0. The van der Waals surface area contributed by atoms with Gasteiger partial charge >= 0.3 is 11.9 Å². The smallest absolute Gasteiger partial charge is 0.343 e. The Kier molecular flexibility index (Phi) is 6.45. The number of hydrogen-bond donors (Lipinski definition) is 2. The van der Waals surface area contributed by atoms with Crippen molar-refractivity contribution < 1.29 is 38.7 Å². The van der Waals surface area contributed by atoms with Crippen LogP contribution in [-0.4, -0.2) is 36.4 Å². The number of rotatable bonds is 6. The number of fused-ring (bicyclic) bond motifs is 2. The van der Waals surface area contributed by atoms with Gasteiger partial charge in [0.05, 0.1) is 25.3 Å². The van der Waals surface area contributed by atoms with Crippen molar-refractivity contribution in [3.05, 3.63) is 96.1 Å². The SMILES string of the molecule is COc1cc(C(=O)Oc2cccc3cc4c(OC(=O)c5ccc(O)c(OC)c5)cccc4cc23)ccc1O. The lowest BCUT2D eigenvalue weighted by atomic mass is 10.0. The summed E-state index contributed by atoms with van der Waals surface area (Å²) in [5, 5.41) is 22.5. The molecule has 0 atom stereocenters. The number of benzene rings is 5. The van der Waals surface area contributed by atoms with Gasteiger partial charge in [0.15, 0.2) is 23.0 Å². The summed E-state index contributed by atoms with van der Waals surface area (Å²) < 4.78 is 21.5. The summed E-state index contributed by atoms with van der Waals surface area (Å²) in [7, 11) is 2.79. The minimum Gasteiger partial charge on any atom is -0.504 e. The molecule has 8 heteroatoms. The summed E-state index contributed by atoms with van der Waals surface area (Å²) in [6.07, 6.45) is 0. The number of carbonyl (C=O) groups is 2. The van der Waals surface area contributed by atoms with Crippen LogP contribution in [0.1, 0.15) is 20.7 Å². The highest BCUT2D eigenvalue weighted by Crippen LogP contribution is 2.35. The molecule has 0 bridgehead atoms. The van der Waals surface area contributed by atoms with E-state index < -0.39 is 11.9 Å². The molecule has 2 N–H and O–H groups in total. The Morgan fingerprint density at radius 3 is 1.37 bits per heavy atom. The highest BCUT2D eigenvalue weighted by Gasteiger charge is 2.17. The molecule has 0 radical (unpaired) electrons. The van der Waals surface area contributed by atoms with E-state index in [0.717, 1.165) is 10.8 Å². The minimum atomic E-state index is -0.608. The van der Waals surface area contributed by atoms with Gasteiger partial charge in [0, 0.05) is 10.8 Å². The normalized spacial score (nSPS) is 10.8. The summed E-state index contributed by atoms with van der Waals surface area (Å²) in [5.74, 6) is -0.360. The van der Waals surface area contributed by atoms with Crippen LogP contribution in [0.15, 0.2) is 84.9 Å². The van der Waals surface area contributed by atoms with Crippen molar-refractivity contribution in [1.82, 2.24) is 0 Å². The quantitative estimate of drug-likeness (QED) is 0.166. The molecule has 0 unspecified atom stereocenters. The molecule has 5 rings (SSSR count). The van der Waals surface area contributed by atoms with Crippen molar-refractivity contribution in [2.75, 3.05) is 14.2 Å². The van der Waals surface area contributed by atoms with Gasteiger partial charge in [0.1, 0.15) is 11.5 Å². The van der Waals surface area contributed by atoms with Crippen LogP contribution in [0.2, 0.25) is 0 Å². The highest BCUT2D eigenvalue weighted by atomic mass is 16.5. The van der Waals surface area contributed by atoms with Gasteiger partial charge in [0.2, 0.25) is 0 Å². The molecule has 0 aliphatic heterocycles. The van der Waals surface area contributed by atoms with Crippen molar-refractivity contribution in [3.8, 4) is 34.5 Å². The van der Waals surface area contributed by atoms with Crippen LogP contribution in [0.4, 0.5) is 0 Å². The number of methoxy groups -OCH3 is 2. The summed E-state index contributed by atoms with van der Waals surface area (Å²) in [5.41, 5.74) is 0.440. The van der Waals surface area contributed by atoms with Gasteiger partial charge in [0.25, 0.3) is 0 Å². The van der Waals surface area contributed by atoms with E-state index >= 15 is 0 Å². The van der Waals surface area contributed by atoms with Gasteiger partial charge in [-0.15, -0.1) is 0 Å². The maximum atomic E-state index is 12.8. The van der Waals surface area contributed by atoms with E-state index in [9.17, 15) is 19.8 Å². The third-order valence-electron chi connectivity index (χ3n) is 6.04. The first kappa shape index (κ1) is 24.5. The maximum Gasteiger partial charge on any atom is 0.343 e. The standard InChI is InChI=1S/C30H22O8/c1-35-27-15-19(9-11-23(27)31)29(33)37-25-7-3-5-17-14-22-18(13-21(17)25)6-4-8-26(22)38-30(34)20-10-12-24(32)28(16-20)36-2/h3-16,31-32H,1-2H3. The summed E-state index contributed by atoms with van der Waals surface area (Å²) >= 11 is 0. The van der Waals surface area contributed by atoms with Gasteiger partial charge in [-0.3, -0.25) is 0 Å². The number of esters is 2. The lowest BCUT2D eigenvalue weighted by Gasteiger charge is -2.12. The predicted molar refractivity (Wildman–Crippen MR) is 141 cm³/mol. The molecule has 0 amide bonds. The van der Waals surface area contributed by atoms with E-state index in [-0.39, 0.29) is 34.1 Å². The molecule has 5 aromatic rings. The molecule has 38 heavy (non-hydrogen) atoms. The van der Waals surface area contributed by atoms with E-state index in [1.165, 1.54) is 50.6 Å². The number of hydrogen-bond acceptors (Lipinski definition) is 8. The fourth-order valence-electron chi connectivity index (χ4n) is 4.10. The minimum absolute atomic E-state index is 0.0817. The van der Waals surface area contributed by atoms with Crippen LogP contribution >= 0.6 is 0 Å². The first-order valence-corrected chi connectivity index (χ1v) is 11.5. The Bertz CT molecular complexity index is 1580. The Balaban J connectivity index is 1.48. The summed E-state index contributed by atoms with van der Waals surface area (Å²) in [6, 6.07) is 22.7. The number of carbonyl (C=O) groups excluding carboxylic acids is 2. The second-order valence-electron chi connectivity index (χ2n) is 8.36. The molecule has 0 fully saturated rings. The second kappa shape index (κ2) is 10.0. The molecule has 0 aliphatic rings. The second-order valence-corrected chi connectivity index (χ2v) is 8.36. The zero-order valence-electron chi connectivity index (χ0n) is 20.4. The lowest BCUT2D eigenvalue weighted by molar-refractivity contribution is 0.0727. The van der Waals surface area contributed by atoms with Crippen molar-refractivity contribution in [3.63, 3.8) is 0 Å². The third-order valence-corrected chi connectivity index (χ3v) is 6.04. The molecular formula is C30H22O8. The van der Waals surface area contributed by atoms with Crippen LogP contribution in [0.3, 0.4) is 0 Å². The molecule has 0 aromatic heterocycles. The maximum absolute atomic E-state index is 12.8. The molecule has 0 saturated heterocycles. The van der Waals surface area contributed by atoms with Gasteiger partial charge in [-0.1, -0.05) is 24.3 Å². The Hall–Kier alpha value is -5.24. The fraction of sp³-hybridized carbons (Fsp3) is 0.0667. The zero-order chi connectivity index (χ0) is 26.8. The van der Waals surface area contributed by atoms with Crippen LogP contribution in [0.25, 0.3) is 21.5 Å². The number of ether oxygens (including phenoxy) is 4. The van der Waals surface area contributed by atoms with Crippen molar-refractivity contribution in [2.45, 2.75) is 0 Å². The number of aromatic hydroxyl groups is 2. The van der Waals surface area contributed by atoms with Crippen LogP contribution in [0.5, 0.6) is 34.5 Å². The van der Waals surface area contributed by atoms with Crippen LogP contribution in [-0.2, 0) is 0 Å². The Labute approximate surface area is 217 Å². The molecule has 190 valence electrons.